The molecule has 1 saturated carbocycles. The van der Waals surface area contributed by atoms with Gasteiger partial charge in [-0.1, -0.05) is 13.3 Å². The Hall–Kier alpha value is -2.21. The molecule has 2 amide bonds. The van der Waals surface area contributed by atoms with Crippen molar-refractivity contribution in [2.24, 2.45) is 17.3 Å². The Morgan fingerprint density at radius 1 is 1.10 bits per heavy atom. The number of fused-ring (bicyclic) bond motifs is 2. The van der Waals surface area contributed by atoms with Gasteiger partial charge in [-0.15, -0.1) is 0 Å². The van der Waals surface area contributed by atoms with Crippen molar-refractivity contribution in [1.82, 2.24) is 14.9 Å². The van der Waals surface area contributed by atoms with Gasteiger partial charge in [-0.3, -0.25) is 0 Å². The minimum absolute atomic E-state index is 0.178. The number of anilines is 1. The predicted octanol–water partition coefficient (Wildman–Crippen LogP) is 4.40. The fourth-order valence-corrected chi connectivity index (χ4v) is 6.52. The Labute approximate surface area is 236 Å². The molecule has 218 valence electrons. The molecule has 3 fully saturated rings. The second kappa shape index (κ2) is 14.4. The summed E-state index contributed by atoms with van der Waals surface area (Å²) < 4.78 is 24.2. The lowest BCUT2D eigenvalue weighted by Crippen LogP contribution is -2.36. The summed E-state index contributed by atoms with van der Waals surface area (Å²) in [7, 11) is 1.38. The number of nitrogens with zero attached hydrogens (tertiary/aromatic N) is 1. The van der Waals surface area contributed by atoms with Crippen molar-refractivity contribution < 1.29 is 28.5 Å². The van der Waals surface area contributed by atoms with Crippen LogP contribution in [0.5, 0.6) is 0 Å². The number of hydrogen-bond donors (Lipinski definition) is 3. The van der Waals surface area contributed by atoms with Gasteiger partial charge in [0.05, 0.1) is 20.3 Å². The SMILES string of the molecule is COC(=O)NCCCCC1(CN(CCCNC(=O)OC2CCOC3OCC2C3C)Sc2ccc(N)cc2)CC1. The van der Waals surface area contributed by atoms with E-state index < -0.39 is 0 Å². The van der Waals surface area contributed by atoms with Crippen molar-refractivity contribution in [3.63, 3.8) is 0 Å². The van der Waals surface area contributed by atoms with Crippen LogP contribution in [0.1, 0.15) is 51.9 Å². The van der Waals surface area contributed by atoms with E-state index in [1.165, 1.54) is 20.0 Å². The van der Waals surface area contributed by atoms with Gasteiger partial charge in [-0.25, -0.2) is 13.9 Å². The van der Waals surface area contributed by atoms with Crippen molar-refractivity contribution in [1.29, 1.82) is 0 Å². The molecule has 0 radical (unpaired) electrons. The minimum atomic E-state index is -0.376. The number of nitrogens with two attached hydrogens (primary N) is 1. The van der Waals surface area contributed by atoms with Crippen molar-refractivity contribution in [3.8, 4) is 0 Å². The number of nitrogen functional groups attached to an aromatic ring is 1. The van der Waals surface area contributed by atoms with E-state index in [2.05, 4.69) is 38.7 Å². The second-order valence-corrected chi connectivity index (χ2v) is 12.2. The van der Waals surface area contributed by atoms with Crippen molar-refractivity contribution >= 4 is 29.8 Å². The van der Waals surface area contributed by atoms with Crippen LogP contribution >= 0.6 is 11.9 Å². The number of benzene rings is 1. The number of unbranched alkanes of at least 4 members (excludes halogenated alkanes) is 1. The van der Waals surface area contributed by atoms with E-state index >= 15 is 0 Å². The Morgan fingerprint density at radius 3 is 2.59 bits per heavy atom. The molecular weight excluding hydrogens is 520 g/mol. The average Bonchev–Trinajstić information content (AvgIpc) is 3.60. The van der Waals surface area contributed by atoms with Gasteiger partial charge in [0, 0.05) is 55.0 Å². The van der Waals surface area contributed by atoms with Gasteiger partial charge >= 0.3 is 12.2 Å². The zero-order chi connectivity index (χ0) is 27.7. The lowest BCUT2D eigenvalue weighted by atomic mass is 9.90. The van der Waals surface area contributed by atoms with E-state index in [1.54, 1.807) is 11.9 Å². The summed E-state index contributed by atoms with van der Waals surface area (Å²) in [5.41, 5.74) is 6.95. The lowest BCUT2D eigenvalue weighted by Gasteiger charge is -2.27. The molecule has 4 unspecified atom stereocenters. The largest absolute Gasteiger partial charge is 0.453 e. The molecule has 2 aliphatic heterocycles. The first-order valence-corrected chi connectivity index (χ1v) is 14.9. The van der Waals surface area contributed by atoms with Gasteiger partial charge in [0.25, 0.3) is 0 Å². The molecule has 4 N–H and O–H groups in total. The fraction of sp³-hybridized carbons (Fsp3) is 0.714. The maximum Gasteiger partial charge on any atom is 0.407 e. The summed E-state index contributed by atoms with van der Waals surface area (Å²) in [6, 6.07) is 7.96. The van der Waals surface area contributed by atoms with E-state index in [4.69, 9.17) is 19.9 Å². The standard InChI is InChI=1S/C28H44N4O6S/c1-20-23-18-37-25(20)36-17-10-24(23)38-27(34)31-15-5-16-32(39-22-8-6-21(29)7-9-22)19-28(12-13-28)11-3-4-14-30-26(33)35-2/h6-9,20,23-25H,3-5,10-19,29H2,1-2H3,(H,30,33)(H,31,34). The van der Waals surface area contributed by atoms with Crippen LogP contribution in [-0.4, -0.2) is 75.4 Å². The first-order valence-electron chi connectivity index (χ1n) is 14.2. The number of rotatable bonds is 14. The Kier molecular flexibility index (Phi) is 11.0. The van der Waals surface area contributed by atoms with Crippen LogP contribution in [0.3, 0.4) is 0 Å². The molecule has 2 saturated heterocycles. The second-order valence-electron chi connectivity index (χ2n) is 11.0. The monoisotopic (exact) mass is 564 g/mol. The maximum absolute atomic E-state index is 12.6. The summed E-state index contributed by atoms with van der Waals surface area (Å²) in [4.78, 5) is 25.0. The predicted molar refractivity (Wildman–Crippen MR) is 150 cm³/mol. The van der Waals surface area contributed by atoms with Crippen molar-refractivity contribution in [2.45, 2.75) is 69.2 Å². The zero-order valence-corrected chi connectivity index (χ0v) is 24.0. The minimum Gasteiger partial charge on any atom is -0.453 e. The van der Waals surface area contributed by atoms with Crippen LogP contribution in [0.15, 0.2) is 29.2 Å². The van der Waals surface area contributed by atoms with Gasteiger partial charge < -0.3 is 35.3 Å². The Balaban J connectivity index is 1.22. The summed E-state index contributed by atoms with van der Waals surface area (Å²) >= 11 is 1.75. The highest BCUT2D eigenvalue weighted by atomic mass is 32.2. The topological polar surface area (TPSA) is 124 Å². The van der Waals surface area contributed by atoms with Crippen molar-refractivity contribution in [2.75, 3.05) is 52.2 Å². The number of carbonyl (C=O) groups excluding carboxylic acids is 2. The lowest BCUT2D eigenvalue weighted by molar-refractivity contribution is -0.131. The molecule has 3 aliphatic rings. The van der Waals surface area contributed by atoms with Gasteiger partial charge in [-0.2, -0.15) is 0 Å². The molecule has 4 atom stereocenters. The average molecular weight is 565 g/mol. The first-order chi connectivity index (χ1) is 18.9. The van der Waals surface area contributed by atoms with Gasteiger partial charge in [-0.05, 0) is 73.7 Å². The molecule has 1 aromatic rings. The molecule has 39 heavy (non-hydrogen) atoms. The van der Waals surface area contributed by atoms with E-state index in [0.29, 0.717) is 38.1 Å². The summed E-state index contributed by atoms with van der Waals surface area (Å²) in [5, 5.41) is 5.71. The zero-order valence-electron chi connectivity index (χ0n) is 23.2. The Morgan fingerprint density at radius 2 is 1.85 bits per heavy atom. The number of methoxy groups -OCH3 is 1. The summed E-state index contributed by atoms with van der Waals surface area (Å²) in [6.07, 6.45) is 5.99. The van der Waals surface area contributed by atoms with Crippen LogP contribution in [0.4, 0.5) is 15.3 Å². The molecule has 10 nitrogen and oxygen atoms in total. The molecule has 0 spiro atoms. The molecule has 4 rings (SSSR count). The van der Waals surface area contributed by atoms with Crippen LogP contribution in [-0.2, 0) is 18.9 Å². The van der Waals surface area contributed by atoms with E-state index in [1.807, 2.05) is 12.1 Å². The number of ether oxygens (including phenoxy) is 4. The maximum atomic E-state index is 12.6. The van der Waals surface area contributed by atoms with E-state index in [-0.39, 0.29) is 36.4 Å². The highest BCUT2D eigenvalue weighted by molar-refractivity contribution is 7.97. The van der Waals surface area contributed by atoms with Crippen LogP contribution in [0, 0.1) is 17.3 Å². The number of alkyl carbamates (subject to hydrolysis) is 2. The quantitative estimate of drug-likeness (QED) is 0.171. The highest BCUT2D eigenvalue weighted by Gasteiger charge is 2.44. The molecule has 11 heteroatoms. The van der Waals surface area contributed by atoms with Gasteiger partial charge in [0.1, 0.15) is 6.10 Å². The molecular formula is C28H44N4O6S. The number of carbonyl (C=O) groups is 2. The molecule has 1 aromatic carbocycles. The van der Waals surface area contributed by atoms with Crippen LogP contribution in [0.2, 0.25) is 0 Å². The van der Waals surface area contributed by atoms with Crippen molar-refractivity contribution in [3.05, 3.63) is 24.3 Å². The number of nitrogens with one attached hydrogen (secondary N) is 2. The molecule has 2 bridgehead atoms. The molecule has 2 heterocycles. The number of amides is 2. The van der Waals surface area contributed by atoms with E-state index in [0.717, 1.165) is 49.4 Å². The van der Waals surface area contributed by atoms with Crippen LogP contribution in [0.25, 0.3) is 0 Å². The van der Waals surface area contributed by atoms with Gasteiger partial charge in [0.15, 0.2) is 6.29 Å². The summed E-state index contributed by atoms with van der Waals surface area (Å²) in [5.74, 6) is 0.407. The summed E-state index contributed by atoms with van der Waals surface area (Å²) in [6.45, 7) is 6.23. The third-order valence-corrected chi connectivity index (χ3v) is 9.06. The van der Waals surface area contributed by atoms with Crippen LogP contribution < -0.4 is 16.4 Å². The normalized spacial score (nSPS) is 25.1. The smallest absolute Gasteiger partial charge is 0.407 e. The first kappa shape index (κ1) is 29.8. The Bertz CT molecular complexity index is 931. The van der Waals surface area contributed by atoms with Gasteiger partial charge in [0.2, 0.25) is 0 Å². The third-order valence-electron chi connectivity index (χ3n) is 8.00. The third kappa shape index (κ3) is 9.16. The number of hydrogen-bond acceptors (Lipinski definition) is 9. The molecule has 0 aromatic heterocycles. The molecule has 1 aliphatic carbocycles. The highest BCUT2D eigenvalue weighted by Crippen LogP contribution is 2.51. The van der Waals surface area contributed by atoms with E-state index in [9.17, 15) is 9.59 Å². The fourth-order valence-electron chi connectivity index (χ4n) is 5.40.